The fraction of sp³-hybridized carbons (Fsp3) is 0.429. The van der Waals surface area contributed by atoms with Crippen LogP contribution in [0.1, 0.15) is 22.3 Å². The van der Waals surface area contributed by atoms with E-state index in [-0.39, 0.29) is 5.78 Å². The summed E-state index contributed by atoms with van der Waals surface area (Å²) in [5.74, 6) is 0.101. The summed E-state index contributed by atoms with van der Waals surface area (Å²) in [5.41, 5.74) is 1.78. The molecule has 1 aromatic carbocycles. The molecule has 1 aliphatic heterocycles. The first kappa shape index (κ1) is 13.2. The second-order valence-corrected chi connectivity index (χ2v) is 4.88. The third kappa shape index (κ3) is 3.15. The second-order valence-electron chi connectivity index (χ2n) is 4.41. The van der Waals surface area contributed by atoms with Gasteiger partial charge in [0.2, 0.25) is 0 Å². The van der Waals surface area contributed by atoms with E-state index < -0.39 is 0 Å². The minimum Gasteiger partial charge on any atom is -0.378 e. The molecule has 0 unspecified atom stereocenters. The minimum atomic E-state index is 0.101. The van der Waals surface area contributed by atoms with Crippen LogP contribution in [0.3, 0.4) is 0 Å². The number of morpholine rings is 1. The Labute approximate surface area is 113 Å². The summed E-state index contributed by atoms with van der Waals surface area (Å²) in [6.07, 6.45) is 0.320. The average molecular weight is 263 g/mol. The summed E-state index contributed by atoms with van der Waals surface area (Å²) in [5, 5.41) is 0. The Morgan fingerprint density at radius 1 is 1.33 bits per heavy atom. The predicted octanol–water partition coefficient (Wildman–Crippen LogP) is 2.23. The van der Waals surface area contributed by atoms with E-state index in [0.717, 1.165) is 29.2 Å². The van der Waals surface area contributed by atoms with Crippen molar-refractivity contribution in [2.75, 3.05) is 26.3 Å². The van der Waals surface area contributed by atoms with Crippen LogP contribution >= 0.6 is 12.2 Å². The highest BCUT2D eigenvalue weighted by molar-refractivity contribution is 7.80. The summed E-state index contributed by atoms with van der Waals surface area (Å²) in [6, 6.07) is 7.63. The molecule has 0 atom stereocenters. The fourth-order valence-electron chi connectivity index (χ4n) is 2.04. The Balaban J connectivity index is 1.99. The lowest BCUT2D eigenvalue weighted by Gasteiger charge is -2.28. The average Bonchev–Trinajstić information content (AvgIpc) is 2.40. The van der Waals surface area contributed by atoms with Gasteiger partial charge in [-0.1, -0.05) is 36.5 Å². The van der Waals surface area contributed by atoms with E-state index in [9.17, 15) is 4.79 Å². The molecular formula is C14H17NO2S. The maximum atomic E-state index is 12.2. The van der Waals surface area contributed by atoms with Crippen LogP contribution in [0.2, 0.25) is 0 Å². The number of nitrogens with zero attached hydrogens (tertiary/aromatic N) is 1. The number of carbonyl (C=O) groups is 1. The smallest absolute Gasteiger partial charge is 0.169 e. The molecule has 0 saturated carbocycles. The molecule has 1 saturated heterocycles. The number of hydrogen-bond acceptors (Lipinski definition) is 3. The molecular weight excluding hydrogens is 246 g/mol. The van der Waals surface area contributed by atoms with E-state index in [0.29, 0.717) is 19.6 Å². The Hall–Kier alpha value is -1.26. The Morgan fingerprint density at radius 2 is 2.00 bits per heavy atom. The molecule has 0 spiro atoms. The molecule has 0 aliphatic carbocycles. The van der Waals surface area contributed by atoms with Gasteiger partial charge in [0, 0.05) is 18.7 Å². The highest BCUT2D eigenvalue weighted by Gasteiger charge is 2.17. The van der Waals surface area contributed by atoms with Crippen molar-refractivity contribution in [2.45, 2.75) is 13.3 Å². The van der Waals surface area contributed by atoms with E-state index in [1.807, 2.05) is 31.2 Å². The number of carbonyl (C=O) groups excluding carboxylic acids is 1. The first-order valence-corrected chi connectivity index (χ1v) is 6.53. The van der Waals surface area contributed by atoms with E-state index in [4.69, 9.17) is 17.0 Å². The van der Waals surface area contributed by atoms with E-state index >= 15 is 0 Å². The van der Waals surface area contributed by atoms with Gasteiger partial charge in [0.1, 0.15) is 0 Å². The number of Topliss-reactive ketones (excluding diaryl/α,β-unsaturated/α-hetero) is 1. The van der Waals surface area contributed by atoms with Crippen molar-refractivity contribution in [2.24, 2.45) is 0 Å². The lowest BCUT2D eigenvalue weighted by atomic mass is 10.0. The molecule has 1 aromatic rings. The van der Waals surface area contributed by atoms with Crippen molar-refractivity contribution in [1.29, 1.82) is 0 Å². The van der Waals surface area contributed by atoms with Crippen LogP contribution in [-0.2, 0) is 4.74 Å². The van der Waals surface area contributed by atoms with Gasteiger partial charge in [-0.05, 0) is 12.5 Å². The molecule has 3 nitrogen and oxygen atoms in total. The highest BCUT2D eigenvalue weighted by Crippen LogP contribution is 2.12. The predicted molar refractivity (Wildman–Crippen MR) is 75.1 cm³/mol. The van der Waals surface area contributed by atoms with Crippen LogP contribution in [0.4, 0.5) is 0 Å². The number of hydrogen-bond donors (Lipinski definition) is 0. The summed E-state index contributed by atoms with van der Waals surface area (Å²) in [4.78, 5) is 15.0. The molecule has 1 heterocycles. The number of thiocarbonyl (C=S) groups is 1. The third-order valence-corrected chi connectivity index (χ3v) is 3.52. The summed E-state index contributed by atoms with van der Waals surface area (Å²) < 4.78 is 5.27. The third-order valence-electron chi connectivity index (χ3n) is 3.12. The second kappa shape index (κ2) is 6.07. The maximum Gasteiger partial charge on any atom is 0.169 e. The molecule has 1 aliphatic rings. The lowest BCUT2D eigenvalue weighted by Crippen LogP contribution is -2.40. The van der Waals surface area contributed by atoms with Crippen molar-refractivity contribution in [1.82, 2.24) is 4.90 Å². The molecule has 96 valence electrons. The molecule has 0 radical (unpaired) electrons. The fourth-order valence-corrected chi connectivity index (χ4v) is 2.36. The standard InChI is InChI=1S/C14H17NO2S/c1-11-4-2-3-5-12(11)13(16)10-14(18)15-6-8-17-9-7-15/h2-5H,6-10H2,1H3. The van der Waals surface area contributed by atoms with Crippen molar-refractivity contribution < 1.29 is 9.53 Å². The van der Waals surface area contributed by atoms with Crippen LogP contribution in [0, 0.1) is 6.92 Å². The molecule has 18 heavy (non-hydrogen) atoms. The first-order chi connectivity index (χ1) is 8.68. The minimum absolute atomic E-state index is 0.101. The van der Waals surface area contributed by atoms with Crippen molar-refractivity contribution in [3.05, 3.63) is 35.4 Å². The highest BCUT2D eigenvalue weighted by atomic mass is 32.1. The van der Waals surface area contributed by atoms with Crippen molar-refractivity contribution >= 4 is 23.0 Å². The first-order valence-electron chi connectivity index (χ1n) is 6.13. The van der Waals surface area contributed by atoms with Gasteiger partial charge in [-0.25, -0.2) is 0 Å². The van der Waals surface area contributed by atoms with Gasteiger partial charge < -0.3 is 9.64 Å². The van der Waals surface area contributed by atoms with Crippen LogP contribution in [0.25, 0.3) is 0 Å². The summed E-state index contributed by atoms with van der Waals surface area (Å²) in [6.45, 7) is 4.92. The van der Waals surface area contributed by atoms with Gasteiger partial charge in [-0.15, -0.1) is 0 Å². The number of rotatable bonds is 3. The molecule has 0 aromatic heterocycles. The van der Waals surface area contributed by atoms with Crippen molar-refractivity contribution in [3.63, 3.8) is 0 Å². The number of benzene rings is 1. The quantitative estimate of drug-likeness (QED) is 0.618. The van der Waals surface area contributed by atoms with Gasteiger partial charge >= 0.3 is 0 Å². The molecule has 2 rings (SSSR count). The Kier molecular flexibility index (Phi) is 4.44. The largest absolute Gasteiger partial charge is 0.378 e. The van der Waals surface area contributed by atoms with E-state index in [1.54, 1.807) is 0 Å². The molecule has 0 bridgehead atoms. The zero-order valence-electron chi connectivity index (χ0n) is 10.5. The summed E-state index contributed by atoms with van der Waals surface area (Å²) >= 11 is 5.34. The Bertz CT molecular complexity index is 453. The Morgan fingerprint density at radius 3 is 2.67 bits per heavy atom. The SMILES string of the molecule is Cc1ccccc1C(=O)CC(=S)N1CCOCC1. The van der Waals surface area contributed by atoms with Gasteiger partial charge in [0.25, 0.3) is 0 Å². The van der Waals surface area contributed by atoms with E-state index in [2.05, 4.69) is 4.90 Å². The van der Waals surface area contributed by atoms with Crippen LogP contribution < -0.4 is 0 Å². The van der Waals surface area contributed by atoms with Crippen molar-refractivity contribution in [3.8, 4) is 0 Å². The molecule has 0 amide bonds. The van der Waals surface area contributed by atoms with Crippen LogP contribution in [0.5, 0.6) is 0 Å². The molecule has 1 fully saturated rings. The van der Waals surface area contributed by atoms with Gasteiger partial charge in [0.15, 0.2) is 5.78 Å². The summed E-state index contributed by atoms with van der Waals surface area (Å²) in [7, 11) is 0. The number of ether oxygens (including phenoxy) is 1. The zero-order chi connectivity index (χ0) is 13.0. The van der Waals surface area contributed by atoms with Gasteiger partial charge in [-0.3, -0.25) is 4.79 Å². The lowest BCUT2D eigenvalue weighted by molar-refractivity contribution is 0.0677. The normalized spacial score (nSPS) is 15.5. The number of ketones is 1. The van der Waals surface area contributed by atoms with Gasteiger partial charge in [-0.2, -0.15) is 0 Å². The van der Waals surface area contributed by atoms with Crippen LogP contribution in [-0.4, -0.2) is 42.0 Å². The monoisotopic (exact) mass is 263 g/mol. The van der Waals surface area contributed by atoms with Gasteiger partial charge in [0.05, 0.1) is 24.6 Å². The topological polar surface area (TPSA) is 29.5 Å². The molecule has 4 heteroatoms. The maximum absolute atomic E-state index is 12.2. The zero-order valence-corrected chi connectivity index (χ0v) is 11.3. The van der Waals surface area contributed by atoms with Crippen LogP contribution in [0.15, 0.2) is 24.3 Å². The van der Waals surface area contributed by atoms with E-state index in [1.165, 1.54) is 0 Å². The number of aryl methyl sites for hydroxylation is 1. The molecule has 0 N–H and O–H groups in total.